The second-order valence-corrected chi connectivity index (χ2v) is 7.87. The summed E-state index contributed by atoms with van der Waals surface area (Å²) in [5.41, 5.74) is 4.05. The average molecular weight is 387 g/mol. The van der Waals surface area contributed by atoms with Crippen molar-refractivity contribution >= 4 is 21.6 Å². The van der Waals surface area contributed by atoms with Gasteiger partial charge in [-0.25, -0.2) is 13.6 Å². The third-order valence-electron chi connectivity index (χ3n) is 4.11. The Labute approximate surface area is 158 Å². The molecule has 0 radical (unpaired) electrons. The van der Waals surface area contributed by atoms with Crippen LogP contribution in [0.3, 0.4) is 0 Å². The van der Waals surface area contributed by atoms with Crippen LogP contribution in [0.25, 0.3) is 22.3 Å². The Bertz CT molecular complexity index is 1050. The van der Waals surface area contributed by atoms with Crippen LogP contribution in [0.15, 0.2) is 71.6 Å². The van der Waals surface area contributed by atoms with E-state index < -0.39 is 10.0 Å². The lowest BCUT2D eigenvalue weighted by Crippen LogP contribution is -2.13. The van der Waals surface area contributed by atoms with Crippen molar-refractivity contribution in [3.8, 4) is 22.3 Å². The van der Waals surface area contributed by atoms with Gasteiger partial charge >= 0.3 is 0 Å². The average Bonchev–Trinajstić information content (AvgIpc) is 2.62. The lowest BCUT2D eigenvalue weighted by molar-refractivity contribution is 0.598. The molecule has 4 nitrogen and oxygen atoms in total. The molecule has 3 N–H and O–H groups in total. The predicted octanol–water partition coefficient (Wildman–Crippen LogP) is 4.04. The highest BCUT2D eigenvalue weighted by Gasteiger charge is 2.18. The Balaban J connectivity index is 2.33. The summed E-state index contributed by atoms with van der Waals surface area (Å²) in [4.78, 5) is 0.0925. The number of nitrogens with one attached hydrogen (secondary N) is 1. The van der Waals surface area contributed by atoms with Crippen molar-refractivity contribution in [1.29, 1.82) is 0 Å². The maximum absolute atomic E-state index is 12.1. The summed E-state index contributed by atoms with van der Waals surface area (Å²) in [7, 11) is -2.00. The van der Waals surface area contributed by atoms with Gasteiger partial charge in [0, 0.05) is 22.7 Å². The van der Waals surface area contributed by atoms with Gasteiger partial charge in [0.15, 0.2) is 0 Å². The number of sulfonamides is 1. The van der Waals surface area contributed by atoms with E-state index in [4.69, 9.17) is 16.7 Å². The van der Waals surface area contributed by atoms with Gasteiger partial charge in [0.1, 0.15) is 0 Å². The summed E-state index contributed by atoms with van der Waals surface area (Å²) in [6.07, 6.45) is 0. The quantitative estimate of drug-likeness (QED) is 0.695. The van der Waals surface area contributed by atoms with E-state index in [1.807, 2.05) is 49.5 Å². The van der Waals surface area contributed by atoms with E-state index in [0.717, 1.165) is 22.3 Å². The van der Waals surface area contributed by atoms with Gasteiger partial charge in [-0.2, -0.15) is 0 Å². The molecule has 0 heterocycles. The first-order chi connectivity index (χ1) is 12.4. The van der Waals surface area contributed by atoms with Crippen LogP contribution in [0, 0.1) is 0 Å². The lowest BCUT2D eigenvalue weighted by Gasteiger charge is -2.16. The molecule has 0 aliphatic heterocycles. The molecule has 3 rings (SSSR count). The van der Waals surface area contributed by atoms with Gasteiger partial charge in [-0.15, -0.1) is 0 Å². The van der Waals surface area contributed by atoms with Gasteiger partial charge in [0.25, 0.3) is 0 Å². The first-order valence-corrected chi connectivity index (χ1v) is 9.99. The topological polar surface area (TPSA) is 72.2 Å². The number of hydrogen-bond donors (Lipinski definition) is 2. The first-order valence-electron chi connectivity index (χ1n) is 8.06. The number of rotatable bonds is 5. The molecule has 0 saturated heterocycles. The van der Waals surface area contributed by atoms with Crippen LogP contribution in [0.2, 0.25) is 5.02 Å². The molecule has 0 aliphatic rings. The van der Waals surface area contributed by atoms with Crippen molar-refractivity contribution in [1.82, 2.24) is 5.32 Å². The molecule has 0 amide bonds. The van der Waals surface area contributed by atoms with E-state index in [0.29, 0.717) is 17.1 Å². The summed E-state index contributed by atoms with van der Waals surface area (Å²) in [6.45, 7) is 0.660. The highest BCUT2D eigenvalue weighted by atomic mass is 35.5. The van der Waals surface area contributed by atoms with Gasteiger partial charge in [-0.1, -0.05) is 60.1 Å². The van der Waals surface area contributed by atoms with Crippen LogP contribution in [0.1, 0.15) is 5.56 Å². The minimum atomic E-state index is -3.86. The molecule has 0 fully saturated rings. The molecule has 3 aromatic rings. The fourth-order valence-electron chi connectivity index (χ4n) is 2.98. The minimum Gasteiger partial charge on any atom is -0.316 e. The maximum atomic E-state index is 12.1. The number of nitrogens with two attached hydrogens (primary N) is 1. The molecule has 6 heteroatoms. The fourth-order valence-corrected chi connectivity index (χ4v) is 3.97. The van der Waals surface area contributed by atoms with Crippen LogP contribution in [0.4, 0.5) is 0 Å². The molecule has 0 saturated carbocycles. The number of benzene rings is 3. The van der Waals surface area contributed by atoms with Crippen molar-refractivity contribution in [2.45, 2.75) is 11.4 Å². The highest BCUT2D eigenvalue weighted by Crippen LogP contribution is 2.38. The summed E-state index contributed by atoms with van der Waals surface area (Å²) in [5, 5.41) is 9.15. The van der Waals surface area contributed by atoms with E-state index in [9.17, 15) is 8.42 Å². The summed E-state index contributed by atoms with van der Waals surface area (Å²) in [6, 6.07) is 20.2. The van der Waals surface area contributed by atoms with Crippen LogP contribution < -0.4 is 10.5 Å². The van der Waals surface area contributed by atoms with Crippen molar-refractivity contribution in [3.63, 3.8) is 0 Å². The Morgan fingerprint density at radius 2 is 1.54 bits per heavy atom. The van der Waals surface area contributed by atoms with E-state index in [2.05, 4.69) is 5.32 Å². The molecule has 0 aliphatic carbocycles. The van der Waals surface area contributed by atoms with Crippen LogP contribution >= 0.6 is 11.6 Å². The predicted molar refractivity (Wildman–Crippen MR) is 106 cm³/mol. The molecular weight excluding hydrogens is 368 g/mol. The van der Waals surface area contributed by atoms with Gasteiger partial charge < -0.3 is 5.32 Å². The number of hydrogen-bond acceptors (Lipinski definition) is 3. The summed E-state index contributed by atoms with van der Waals surface area (Å²) >= 11 is 6.39. The van der Waals surface area contributed by atoms with Gasteiger partial charge in [0.2, 0.25) is 10.0 Å². The second-order valence-electron chi connectivity index (χ2n) is 5.93. The lowest BCUT2D eigenvalue weighted by atomic mass is 9.92. The Hall–Kier alpha value is -2.18. The van der Waals surface area contributed by atoms with Crippen LogP contribution in [-0.2, 0) is 16.6 Å². The zero-order chi connectivity index (χ0) is 18.7. The molecule has 134 valence electrons. The zero-order valence-corrected chi connectivity index (χ0v) is 15.8. The smallest absolute Gasteiger partial charge is 0.238 e. The molecule has 26 heavy (non-hydrogen) atoms. The third kappa shape index (κ3) is 3.81. The maximum Gasteiger partial charge on any atom is 0.238 e. The monoisotopic (exact) mass is 386 g/mol. The molecule has 0 atom stereocenters. The Morgan fingerprint density at radius 3 is 2.19 bits per heavy atom. The zero-order valence-electron chi connectivity index (χ0n) is 14.2. The van der Waals surface area contributed by atoms with E-state index >= 15 is 0 Å². The normalized spacial score (nSPS) is 11.5. The standard InChI is InChI=1S/C20H19ClN2O2S/c1-23-13-14-10-11-15(16-6-2-4-8-19(16)21)18(12-14)17-7-3-5-9-20(17)26(22,24)25/h2-12,23H,13H2,1H3,(H2,22,24,25). The second kappa shape index (κ2) is 7.60. The van der Waals surface area contributed by atoms with Crippen molar-refractivity contribution < 1.29 is 8.42 Å². The SMILES string of the molecule is CNCc1ccc(-c2ccccc2Cl)c(-c2ccccc2S(N)(=O)=O)c1. The molecule has 3 aromatic carbocycles. The van der Waals surface area contributed by atoms with Gasteiger partial charge in [-0.3, -0.25) is 0 Å². The van der Waals surface area contributed by atoms with E-state index in [1.165, 1.54) is 6.07 Å². The third-order valence-corrected chi connectivity index (χ3v) is 5.41. The van der Waals surface area contributed by atoms with Crippen LogP contribution in [0.5, 0.6) is 0 Å². The van der Waals surface area contributed by atoms with Crippen molar-refractivity contribution in [2.75, 3.05) is 7.05 Å². The fraction of sp³-hybridized carbons (Fsp3) is 0.100. The van der Waals surface area contributed by atoms with E-state index in [1.54, 1.807) is 18.2 Å². The van der Waals surface area contributed by atoms with Crippen LogP contribution in [-0.4, -0.2) is 15.5 Å². The van der Waals surface area contributed by atoms with Gasteiger partial charge in [0.05, 0.1) is 4.90 Å². The summed E-state index contributed by atoms with van der Waals surface area (Å²) < 4.78 is 24.2. The van der Waals surface area contributed by atoms with Crippen molar-refractivity contribution in [2.24, 2.45) is 5.14 Å². The molecular formula is C20H19ClN2O2S. The van der Waals surface area contributed by atoms with E-state index in [-0.39, 0.29) is 4.90 Å². The van der Waals surface area contributed by atoms with Gasteiger partial charge in [-0.05, 0) is 41.9 Å². The minimum absolute atomic E-state index is 0.0925. The first kappa shape index (κ1) is 18.6. The molecule has 0 bridgehead atoms. The molecule has 0 spiro atoms. The molecule has 0 unspecified atom stereocenters. The largest absolute Gasteiger partial charge is 0.316 e. The molecule has 0 aromatic heterocycles. The Morgan fingerprint density at radius 1 is 0.885 bits per heavy atom. The number of primary sulfonamides is 1. The highest BCUT2D eigenvalue weighted by molar-refractivity contribution is 7.89. The van der Waals surface area contributed by atoms with Crippen molar-refractivity contribution in [3.05, 3.63) is 77.3 Å². The number of halogens is 1. The summed E-state index contributed by atoms with van der Waals surface area (Å²) in [5.74, 6) is 0. The Kier molecular flexibility index (Phi) is 5.44.